The topological polar surface area (TPSA) is 55.3 Å². The summed E-state index contributed by atoms with van der Waals surface area (Å²) in [6, 6.07) is 0.819. The van der Waals surface area contributed by atoms with Gasteiger partial charge < -0.3 is 11.5 Å². The molecule has 0 aliphatic carbocycles. The highest BCUT2D eigenvalue weighted by molar-refractivity contribution is 4.83. The second-order valence-corrected chi connectivity index (χ2v) is 4.39. The summed E-state index contributed by atoms with van der Waals surface area (Å²) in [6.45, 7) is 7.30. The van der Waals surface area contributed by atoms with E-state index < -0.39 is 0 Å². The Balaban J connectivity index is 2.49. The average Bonchev–Trinajstić information content (AvgIpc) is 2.03. The van der Waals surface area contributed by atoms with Crippen molar-refractivity contribution in [1.29, 1.82) is 0 Å². The molecule has 0 aromatic carbocycles. The highest BCUT2D eigenvalue weighted by Crippen LogP contribution is 2.22. The number of rotatable bonds is 3. The average molecular weight is 185 g/mol. The zero-order chi connectivity index (χ0) is 9.84. The van der Waals surface area contributed by atoms with Gasteiger partial charge in [-0.1, -0.05) is 6.92 Å². The third-order valence-electron chi connectivity index (χ3n) is 2.99. The molecule has 0 saturated carbocycles. The second-order valence-electron chi connectivity index (χ2n) is 4.39. The lowest BCUT2D eigenvalue weighted by molar-refractivity contribution is 0.102. The van der Waals surface area contributed by atoms with E-state index in [9.17, 15) is 0 Å². The molecule has 1 saturated heterocycles. The molecule has 3 atom stereocenters. The Morgan fingerprint density at radius 2 is 2.23 bits per heavy atom. The molecule has 0 aromatic heterocycles. The Kier molecular flexibility index (Phi) is 4.16. The summed E-state index contributed by atoms with van der Waals surface area (Å²) in [4.78, 5) is 2.46. The molecular weight excluding hydrogens is 162 g/mol. The molecule has 4 N–H and O–H groups in total. The second kappa shape index (κ2) is 4.94. The van der Waals surface area contributed by atoms with E-state index in [-0.39, 0.29) is 6.04 Å². The van der Waals surface area contributed by atoms with Gasteiger partial charge >= 0.3 is 0 Å². The molecule has 1 aliphatic heterocycles. The molecule has 1 fully saturated rings. The molecule has 0 aromatic rings. The van der Waals surface area contributed by atoms with E-state index in [1.54, 1.807) is 0 Å². The van der Waals surface area contributed by atoms with Gasteiger partial charge in [-0.05, 0) is 32.2 Å². The number of hydrogen-bond acceptors (Lipinski definition) is 3. The zero-order valence-corrected chi connectivity index (χ0v) is 8.87. The Morgan fingerprint density at radius 3 is 2.77 bits per heavy atom. The van der Waals surface area contributed by atoms with Crippen molar-refractivity contribution in [2.75, 3.05) is 19.6 Å². The van der Waals surface area contributed by atoms with Crippen LogP contribution in [0.15, 0.2) is 0 Å². The number of piperidine rings is 1. The van der Waals surface area contributed by atoms with Crippen molar-refractivity contribution in [3.05, 3.63) is 0 Å². The van der Waals surface area contributed by atoms with Crippen LogP contribution in [0.3, 0.4) is 0 Å². The van der Waals surface area contributed by atoms with Crippen LogP contribution >= 0.6 is 0 Å². The van der Waals surface area contributed by atoms with E-state index in [1.165, 1.54) is 19.4 Å². The number of nitrogens with zero attached hydrogens (tertiary/aromatic N) is 1. The van der Waals surface area contributed by atoms with E-state index in [0.717, 1.165) is 19.0 Å². The highest BCUT2D eigenvalue weighted by atomic mass is 15.2. The summed E-state index contributed by atoms with van der Waals surface area (Å²) in [5.41, 5.74) is 11.6. The lowest BCUT2D eigenvalue weighted by atomic mass is 9.90. The van der Waals surface area contributed by atoms with Crippen LogP contribution in [0.5, 0.6) is 0 Å². The first-order chi connectivity index (χ1) is 6.15. The highest BCUT2D eigenvalue weighted by Gasteiger charge is 2.27. The van der Waals surface area contributed by atoms with Gasteiger partial charge in [0, 0.05) is 25.2 Å². The van der Waals surface area contributed by atoms with E-state index >= 15 is 0 Å². The van der Waals surface area contributed by atoms with Crippen molar-refractivity contribution in [3.63, 3.8) is 0 Å². The van der Waals surface area contributed by atoms with Crippen LogP contribution in [0.1, 0.15) is 26.7 Å². The Hall–Kier alpha value is -0.120. The fourth-order valence-electron chi connectivity index (χ4n) is 2.31. The standard InChI is InChI=1S/C10H23N3/c1-8-4-3-5-13(7-9(2)12)10(8)6-11/h8-10H,3-7,11-12H2,1-2H3. The molecule has 0 spiro atoms. The van der Waals surface area contributed by atoms with E-state index in [0.29, 0.717) is 6.04 Å². The van der Waals surface area contributed by atoms with Crippen molar-refractivity contribution >= 4 is 0 Å². The molecule has 3 unspecified atom stereocenters. The van der Waals surface area contributed by atoms with Crippen LogP contribution in [0, 0.1) is 5.92 Å². The SMILES string of the molecule is CC(N)CN1CCCC(C)C1CN. The minimum Gasteiger partial charge on any atom is -0.329 e. The van der Waals surface area contributed by atoms with E-state index in [4.69, 9.17) is 11.5 Å². The van der Waals surface area contributed by atoms with Crippen molar-refractivity contribution in [2.24, 2.45) is 17.4 Å². The molecule has 0 amide bonds. The van der Waals surface area contributed by atoms with E-state index in [1.807, 2.05) is 0 Å². The predicted molar refractivity (Wildman–Crippen MR) is 56.5 cm³/mol. The zero-order valence-electron chi connectivity index (χ0n) is 8.87. The molecule has 13 heavy (non-hydrogen) atoms. The quantitative estimate of drug-likeness (QED) is 0.669. The molecule has 1 aliphatic rings. The lowest BCUT2D eigenvalue weighted by Gasteiger charge is -2.40. The fraction of sp³-hybridized carbons (Fsp3) is 1.00. The number of likely N-dealkylation sites (tertiary alicyclic amines) is 1. The summed E-state index contributed by atoms with van der Waals surface area (Å²) in [5.74, 6) is 0.734. The number of hydrogen-bond donors (Lipinski definition) is 2. The summed E-state index contributed by atoms with van der Waals surface area (Å²) in [6.07, 6.45) is 2.61. The minimum absolute atomic E-state index is 0.263. The Labute approximate surface area is 81.5 Å². The third kappa shape index (κ3) is 2.93. The Bertz CT molecular complexity index is 147. The lowest BCUT2D eigenvalue weighted by Crippen LogP contribution is -2.51. The summed E-state index contributed by atoms with van der Waals surface area (Å²) in [7, 11) is 0. The molecule has 78 valence electrons. The van der Waals surface area contributed by atoms with Gasteiger partial charge in [-0.25, -0.2) is 0 Å². The first-order valence-corrected chi connectivity index (χ1v) is 5.35. The largest absolute Gasteiger partial charge is 0.329 e. The first kappa shape index (κ1) is 11.0. The molecular formula is C10H23N3. The molecule has 1 rings (SSSR count). The van der Waals surface area contributed by atoms with Gasteiger partial charge in [0.25, 0.3) is 0 Å². The molecule has 0 bridgehead atoms. The fourth-order valence-corrected chi connectivity index (χ4v) is 2.31. The van der Waals surface area contributed by atoms with Gasteiger partial charge in [0.15, 0.2) is 0 Å². The summed E-state index contributed by atoms with van der Waals surface area (Å²) >= 11 is 0. The van der Waals surface area contributed by atoms with Gasteiger partial charge in [0.2, 0.25) is 0 Å². The Morgan fingerprint density at radius 1 is 1.54 bits per heavy atom. The van der Waals surface area contributed by atoms with Crippen molar-refractivity contribution in [2.45, 2.75) is 38.8 Å². The number of nitrogens with two attached hydrogens (primary N) is 2. The maximum atomic E-state index is 5.80. The van der Waals surface area contributed by atoms with Gasteiger partial charge in [-0.15, -0.1) is 0 Å². The molecule has 3 heteroatoms. The van der Waals surface area contributed by atoms with Crippen LogP contribution < -0.4 is 11.5 Å². The maximum Gasteiger partial charge on any atom is 0.0244 e. The maximum absolute atomic E-state index is 5.80. The van der Waals surface area contributed by atoms with Crippen LogP contribution in [0.4, 0.5) is 0 Å². The molecule has 1 heterocycles. The normalized spacial score (nSPS) is 33.2. The van der Waals surface area contributed by atoms with Crippen LogP contribution in [-0.4, -0.2) is 36.6 Å². The molecule has 0 radical (unpaired) electrons. The van der Waals surface area contributed by atoms with Crippen molar-refractivity contribution in [1.82, 2.24) is 4.90 Å². The smallest absolute Gasteiger partial charge is 0.0244 e. The van der Waals surface area contributed by atoms with Crippen LogP contribution in [0.25, 0.3) is 0 Å². The van der Waals surface area contributed by atoms with Crippen molar-refractivity contribution < 1.29 is 0 Å². The van der Waals surface area contributed by atoms with Gasteiger partial charge in [0.05, 0.1) is 0 Å². The molecule has 3 nitrogen and oxygen atoms in total. The van der Waals surface area contributed by atoms with Gasteiger partial charge in [-0.3, -0.25) is 4.90 Å². The third-order valence-corrected chi connectivity index (χ3v) is 2.99. The van der Waals surface area contributed by atoms with Crippen molar-refractivity contribution in [3.8, 4) is 0 Å². The van der Waals surface area contributed by atoms with Gasteiger partial charge in [0.1, 0.15) is 0 Å². The van der Waals surface area contributed by atoms with Crippen LogP contribution in [-0.2, 0) is 0 Å². The van der Waals surface area contributed by atoms with Crippen LogP contribution in [0.2, 0.25) is 0 Å². The van der Waals surface area contributed by atoms with Gasteiger partial charge in [-0.2, -0.15) is 0 Å². The minimum atomic E-state index is 0.263. The summed E-state index contributed by atoms with van der Waals surface area (Å²) < 4.78 is 0. The van der Waals surface area contributed by atoms with E-state index in [2.05, 4.69) is 18.7 Å². The first-order valence-electron chi connectivity index (χ1n) is 5.35. The summed E-state index contributed by atoms with van der Waals surface area (Å²) in [5, 5.41) is 0. The monoisotopic (exact) mass is 185 g/mol. The predicted octanol–water partition coefficient (Wildman–Crippen LogP) is 0.393.